The number of nitrogens with zero attached hydrogens (tertiary/aromatic N) is 2. The van der Waals surface area contributed by atoms with Crippen LogP contribution >= 0.6 is 0 Å². The first-order chi connectivity index (χ1) is 9.79. The predicted octanol–water partition coefficient (Wildman–Crippen LogP) is 3.56. The third kappa shape index (κ3) is 1.48. The van der Waals surface area contributed by atoms with E-state index in [4.69, 9.17) is 0 Å². The summed E-state index contributed by atoms with van der Waals surface area (Å²) in [6.07, 6.45) is 1.94. The van der Waals surface area contributed by atoms with E-state index in [-0.39, 0.29) is 11.7 Å². The molecule has 3 aromatic rings. The van der Waals surface area contributed by atoms with Gasteiger partial charge in [0.2, 0.25) is 0 Å². The Morgan fingerprint density at radius 3 is 2.70 bits per heavy atom. The number of carbonyl (C=O) groups is 1. The fraction of sp³-hybridized carbons (Fsp3) is 0.176. The Kier molecular flexibility index (Phi) is 2.22. The van der Waals surface area contributed by atoms with Crippen LogP contribution in [0.25, 0.3) is 16.4 Å². The molecule has 2 aromatic heterocycles. The summed E-state index contributed by atoms with van der Waals surface area (Å²) in [5, 5.41) is 10.4. The minimum atomic E-state index is 0.151. The maximum Gasteiger partial charge on any atom is 0.182 e. The number of nitriles is 1. The standard InChI is InChI=1S/C17H12N2O/c18-10-13-9-16(17(20)12-5-6-12)19-14-4-2-1-3-11(14)7-8-15(13)19/h1-4,7-9,12H,5-6H2. The van der Waals surface area contributed by atoms with Crippen LogP contribution in [0.2, 0.25) is 0 Å². The maximum atomic E-state index is 12.5. The van der Waals surface area contributed by atoms with Crippen molar-refractivity contribution in [3.8, 4) is 6.07 Å². The molecule has 3 heteroatoms. The van der Waals surface area contributed by atoms with Gasteiger partial charge in [0.05, 0.1) is 22.3 Å². The Balaban J connectivity index is 2.14. The highest BCUT2D eigenvalue weighted by molar-refractivity contribution is 6.02. The molecule has 0 amide bonds. The summed E-state index contributed by atoms with van der Waals surface area (Å²) in [5.74, 6) is 0.316. The second kappa shape index (κ2) is 3.94. The van der Waals surface area contributed by atoms with Gasteiger partial charge in [-0.2, -0.15) is 5.26 Å². The van der Waals surface area contributed by atoms with Gasteiger partial charge in [-0.1, -0.05) is 24.3 Å². The number of aromatic nitrogens is 1. The van der Waals surface area contributed by atoms with Crippen molar-refractivity contribution in [2.24, 2.45) is 5.92 Å². The summed E-state index contributed by atoms with van der Waals surface area (Å²) < 4.78 is 1.94. The third-order valence-corrected chi connectivity index (χ3v) is 3.96. The molecule has 1 fully saturated rings. The van der Waals surface area contributed by atoms with E-state index in [2.05, 4.69) is 6.07 Å². The minimum absolute atomic E-state index is 0.151. The maximum absolute atomic E-state index is 12.5. The summed E-state index contributed by atoms with van der Waals surface area (Å²) >= 11 is 0. The Bertz CT molecular complexity index is 894. The van der Waals surface area contributed by atoms with Crippen LogP contribution in [0.3, 0.4) is 0 Å². The van der Waals surface area contributed by atoms with E-state index < -0.39 is 0 Å². The van der Waals surface area contributed by atoms with Gasteiger partial charge < -0.3 is 4.40 Å². The molecule has 0 bridgehead atoms. The summed E-state index contributed by atoms with van der Waals surface area (Å²) in [5.41, 5.74) is 3.02. The van der Waals surface area contributed by atoms with Crippen LogP contribution in [0.15, 0.2) is 42.5 Å². The molecule has 0 aliphatic heterocycles. The molecule has 3 nitrogen and oxygen atoms in total. The number of fused-ring (bicyclic) bond motifs is 3. The zero-order chi connectivity index (χ0) is 13.7. The van der Waals surface area contributed by atoms with Gasteiger partial charge in [-0.25, -0.2) is 0 Å². The van der Waals surface area contributed by atoms with Crippen LogP contribution in [-0.4, -0.2) is 10.2 Å². The average Bonchev–Trinajstić information content (AvgIpc) is 3.26. The minimum Gasteiger partial charge on any atom is -0.305 e. The van der Waals surface area contributed by atoms with Crippen LogP contribution in [0.1, 0.15) is 28.9 Å². The van der Waals surface area contributed by atoms with Crippen LogP contribution in [0, 0.1) is 17.2 Å². The van der Waals surface area contributed by atoms with E-state index in [1.54, 1.807) is 6.07 Å². The van der Waals surface area contributed by atoms with Crippen LogP contribution in [0.5, 0.6) is 0 Å². The molecule has 1 aliphatic rings. The van der Waals surface area contributed by atoms with Crippen molar-refractivity contribution in [2.45, 2.75) is 12.8 Å². The van der Waals surface area contributed by atoms with Crippen molar-refractivity contribution in [3.05, 3.63) is 53.7 Å². The lowest BCUT2D eigenvalue weighted by molar-refractivity contribution is 0.0962. The molecule has 0 spiro atoms. The molecule has 0 N–H and O–H groups in total. The lowest BCUT2D eigenvalue weighted by Gasteiger charge is -2.06. The Hall–Kier alpha value is -2.60. The Morgan fingerprint density at radius 1 is 1.15 bits per heavy atom. The molecule has 1 aromatic carbocycles. The third-order valence-electron chi connectivity index (χ3n) is 3.96. The van der Waals surface area contributed by atoms with Gasteiger partial charge in [-0.05, 0) is 36.4 Å². The highest BCUT2D eigenvalue weighted by Crippen LogP contribution is 2.34. The van der Waals surface area contributed by atoms with E-state index >= 15 is 0 Å². The lowest BCUT2D eigenvalue weighted by atomic mass is 10.2. The monoisotopic (exact) mass is 260 g/mol. The van der Waals surface area contributed by atoms with Gasteiger partial charge in [0.15, 0.2) is 5.78 Å². The highest BCUT2D eigenvalue weighted by Gasteiger charge is 2.32. The van der Waals surface area contributed by atoms with Crippen LogP contribution < -0.4 is 0 Å². The van der Waals surface area contributed by atoms with Gasteiger partial charge in [0, 0.05) is 5.92 Å². The zero-order valence-electron chi connectivity index (χ0n) is 10.8. The summed E-state index contributed by atoms with van der Waals surface area (Å²) in [7, 11) is 0. The summed E-state index contributed by atoms with van der Waals surface area (Å²) in [6, 6.07) is 15.8. The molecular formula is C17H12N2O. The van der Waals surface area contributed by atoms with E-state index in [0.717, 1.165) is 29.3 Å². The second-order valence-electron chi connectivity index (χ2n) is 5.31. The van der Waals surface area contributed by atoms with Crippen molar-refractivity contribution in [1.29, 1.82) is 5.26 Å². The van der Waals surface area contributed by atoms with E-state index in [0.29, 0.717) is 11.3 Å². The summed E-state index contributed by atoms with van der Waals surface area (Å²) in [4.78, 5) is 12.5. The van der Waals surface area contributed by atoms with Crippen LogP contribution in [0.4, 0.5) is 0 Å². The molecule has 0 radical (unpaired) electrons. The quantitative estimate of drug-likeness (QED) is 0.661. The average molecular weight is 260 g/mol. The number of hydrogen-bond acceptors (Lipinski definition) is 2. The van der Waals surface area contributed by atoms with Crippen molar-refractivity contribution >= 4 is 22.2 Å². The van der Waals surface area contributed by atoms with Gasteiger partial charge in [-0.15, -0.1) is 0 Å². The molecule has 0 atom stereocenters. The van der Waals surface area contributed by atoms with Crippen molar-refractivity contribution in [3.63, 3.8) is 0 Å². The lowest BCUT2D eigenvalue weighted by Crippen LogP contribution is -2.05. The molecule has 2 heterocycles. The number of pyridine rings is 1. The largest absolute Gasteiger partial charge is 0.305 e. The zero-order valence-corrected chi connectivity index (χ0v) is 10.8. The van der Waals surface area contributed by atoms with Gasteiger partial charge in [0.1, 0.15) is 6.07 Å². The molecule has 96 valence electrons. The fourth-order valence-corrected chi connectivity index (χ4v) is 2.78. The van der Waals surface area contributed by atoms with Crippen LogP contribution in [-0.2, 0) is 0 Å². The smallest absolute Gasteiger partial charge is 0.182 e. The molecular weight excluding hydrogens is 248 g/mol. The fourth-order valence-electron chi connectivity index (χ4n) is 2.78. The second-order valence-corrected chi connectivity index (χ2v) is 5.31. The highest BCUT2D eigenvalue weighted by atomic mass is 16.1. The topological polar surface area (TPSA) is 45.3 Å². The first-order valence-corrected chi connectivity index (χ1v) is 6.77. The van der Waals surface area contributed by atoms with Gasteiger partial charge in [0.25, 0.3) is 0 Å². The predicted molar refractivity (Wildman–Crippen MR) is 76.7 cm³/mol. The number of ketones is 1. The Labute approximate surface area is 116 Å². The first kappa shape index (κ1) is 11.2. The first-order valence-electron chi connectivity index (χ1n) is 6.77. The van der Waals surface area contributed by atoms with E-state index in [9.17, 15) is 10.1 Å². The molecule has 20 heavy (non-hydrogen) atoms. The van der Waals surface area contributed by atoms with Crippen molar-refractivity contribution in [1.82, 2.24) is 4.40 Å². The molecule has 4 rings (SSSR count). The number of carbonyl (C=O) groups excluding carboxylic acids is 1. The van der Waals surface area contributed by atoms with Crippen molar-refractivity contribution < 1.29 is 4.79 Å². The number of Topliss-reactive ketones (excluding diaryl/α,β-unsaturated/α-hetero) is 1. The SMILES string of the molecule is N#Cc1cc(C(=O)C2CC2)n2c1ccc1ccccc12. The van der Waals surface area contributed by atoms with Gasteiger partial charge >= 0.3 is 0 Å². The molecule has 1 aliphatic carbocycles. The Morgan fingerprint density at radius 2 is 1.95 bits per heavy atom. The molecule has 0 saturated heterocycles. The number of benzene rings is 1. The molecule has 1 saturated carbocycles. The summed E-state index contributed by atoms with van der Waals surface area (Å²) in [6.45, 7) is 0. The number of hydrogen-bond donors (Lipinski definition) is 0. The van der Waals surface area contributed by atoms with E-state index in [1.165, 1.54) is 0 Å². The van der Waals surface area contributed by atoms with Crippen molar-refractivity contribution in [2.75, 3.05) is 0 Å². The van der Waals surface area contributed by atoms with Gasteiger partial charge in [-0.3, -0.25) is 4.79 Å². The van der Waals surface area contributed by atoms with E-state index in [1.807, 2.05) is 40.8 Å². The molecule has 0 unspecified atom stereocenters. The number of rotatable bonds is 2. The number of para-hydroxylation sites is 1. The normalized spacial score (nSPS) is 14.6.